The third-order valence-corrected chi connectivity index (χ3v) is 1.95. The summed E-state index contributed by atoms with van der Waals surface area (Å²) in [5, 5.41) is 0. The summed E-state index contributed by atoms with van der Waals surface area (Å²) in [6.45, 7) is 12.0. The molecule has 0 aromatic rings. The molecule has 0 aliphatic heterocycles. The molecule has 0 saturated carbocycles. The summed E-state index contributed by atoms with van der Waals surface area (Å²) in [5.74, 6) is 0. The molecule has 12 heavy (non-hydrogen) atoms. The van der Waals surface area contributed by atoms with Crippen molar-refractivity contribution >= 4 is 6.29 Å². The maximum Gasteiger partial charge on any atom is 0.125 e. The van der Waals surface area contributed by atoms with Crippen LogP contribution in [0.15, 0.2) is 12.7 Å². The summed E-state index contributed by atoms with van der Waals surface area (Å²) in [5.41, 5.74) is -0.0152. The lowest BCUT2D eigenvalue weighted by atomic mass is 9.74. The molecule has 70 valence electrons. The Kier molecular flexibility index (Phi) is 3.69. The van der Waals surface area contributed by atoms with Gasteiger partial charge in [-0.3, -0.25) is 0 Å². The third kappa shape index (κ3) is 4.32. The first-order chi connectivity index (χ1) is 5.33. The number of aldehydes is 1. The highest BCUT2D eigenvalue weighted by Gasteiger charge is 2.27. The van der Waals surface area contributed by atoms with E-state index < -0.39 is 0 Å². The highest BCUT2D eigenvalue weighted by atomic mass is 16.1. The van der Waals surface area contributed by atoms with E-state index >= 15 is 0 Å². The van der Waals surface area contributed by atoms with Crippen LogP contribution in [0.2, 0.25) is 0 Å². The summed E-state index contributed by atoms with van der Waals surface area (Å²) in [6, 6.07) is 0. The molecule has 0 aliphatic carbocycles. The van der Waals surface area contributed by atoms with Crippen LogP contribution in [-0.2, 0) is 4.79 Å². The summed E-state index contributed by atoms with van der Waals surface area (Å²) in [6.07, 6.45) is 4.83. The monoisotopic (exact) mass is 168 g/mol. The molecular weight excluding hydrogens is 148 g/mol. The number of rotatable bonds is 5. The Morgan fingerprint density at radius 2 is 1.75 bits per heavy atom. The second-order valence-corrected chi connectivity index (χ2v) is 4.94. The fraction of sp³-hybridized carbons (Fsp3) is 0.727. The lowest BCUT2D eigenvalue weighted by Gasteiger charge is -2.30. The van der Waals surface area contributed by atoms with E-state index in [1.54, 1.807) is 0 Å². The highest BCUT2D eigenvalue weighted by Crippen LogP contribution is 2.34. The van der Waals surface area contributed by atoms with E-state index in [9.17, 15) is 4.79 Å². The van der Waals surface area contributed by atoms with E-state index in [0.717, 1.165) is 19.1 Å². The van der Waals surface area contributed by atoms with E-state index in [4.69, 9.17) is 0 Å². The second-order valence-electron chi connectivity index (χ2n) is 4.94. The van der Waals surface area contributed by atoms with Gasteiger partial charge in [-0.05, 0) is 18.3 Å². The molecule has 0 N–H and O–H groups in total. The van der Waals surface area contributed by atoms with Gasteiger partial charge in [0.2, 0.25) is 0 Å². The number of hydrogen-bond donors (Lipinski definition) is 0. The van der Waals surface area contributed by atoms with Crippen LogP contribution < -0.4 is 0 Å². The first kappa shape index (κ1) is 11.4. The van der Waals surface area contributed by atoms with Gasteiger partial charge in [0, 0.05) is 5.41 Å². The molecular formula is C11H20O. The lowest BCUT2D eigenvalue weighted by molar-refractivity contribution is -0.116. The average Bonchev–Trinajstić information content (AvgIpc) is 1.85. The number of allylic oxidation sites excluding steroid dienone is 1. The van der Waals surface area contributed by atoms with Gasteiger partial charge < -0.3 is 4.79 Å². The van der Waals surface area contributed by atoms with Gasteiger partial charge in [-0.25, -0.2) is 0 Å². The Morgan fingerprint density at radius 3 is 2.08 bits per heavy atom. The van der Waals surface area contributed by atoms with Crippen LogP contribution >= 0.6 is 0 Å². The van der Waals surface area contributed by atoms with Crippen molar-refractivity contribution in [2.45, 2.75) is 40.5 Å². The van der Waals surface area contributed by atoms with E-state index in [0.29, 0.717) is 0 Å². The zero-order valence-electron chi connectivity index (χ0n) is 8.68. The SMILES string of the molecule is C=CCC(C)(C)CC(C)(C)C=O. The highest BCUT2D eigenvalue weighted by molar-refractivity contribution is 5.57. The van der Waals surface area contributed by atoms with Crippen LogP contribution in [0.3, 0.4) is 0 Å². The maximum absolute atomic E-state index is 10.7. The molecule has 0 atom stereocenters. The van der Waals surface area contributed by atoms with Crippen molar-refractivity contribution in [1.29, 1.82) is 0 Å². The molecule has 0 heterocycles. The Bertz CT molecular complexity index is 166. The molecule has 0 amide bonds. The van der Waals surface area contributed by atoms with Crippen LogP contribution in [0.1, 0.15) is 40.5 Å². The minimum Gasteiger partial charge on any atom is -0.303 e. The first-order valence-corrected chi connectivity index (χ1v) is 4.40. The fourth-order valence-electron chi connectivity index (χ4n) is 1.74. The van der Waals surface area contributed by atoms with Crippen molar-refractivity contribution in [1.82, 2.24) is 0 Å². The average molecular weight is 168 g/mol. The smallest absolute Gasteiger partial charge is 0.125 e. The first-order valence-electron chi connectivity index (χ1n) is 4.40. The molecule has 1 heteroatoms. The minimum atomic E-state index is -0.202. The van der Waals surface area contributed by atoms with Crippen LogP contribution in [0.5, 0.6) is 0 Å². The van der Waals surface area contributed by atoms with Crippen LogP contribution in [0.25, 0.3) is 0 Å². The Morgan fingerprint density at radius 1 is 1.25 bits per heavy atom. The van der Waals surface area contributed by atoms with Crippen LogP contribution in [0.4, 0.5) is 0 Å². The van der Waals surface area contributed by atoms with Gasteiger partial charge in [-0.15, -0.1) is 6.58 Å². The molecule has 0 saturated heterocycles. The summed E-state index contributed by atoms with van der Waals surface area (Å²) < 4.78 is 0. The quantitative estimate of drug-likeness (QED) is 0.455. The summed E-state index contributed by atoms with van der Waals surface area (Å²) >= 11 is 0. The Hall–Kier alpha value is -0.590. The lowest BCUT2D eigenvalue weighted by Crippen LogP contribution is -2.23. The summed E-state index contributed by atoms with van der Waals surface area (Å²) in [4.78, 5) is 10.7. The van der Waals surface area contributed by atoms with Crippen molar-refractivity contribution in [3.05, 3.63) is 12.7 Å². The third-order valence-electron chi connectivity index (χ3n) is 1.95. The van der Waals surface area contributed by atoms with Crippen LogP contribution in [-0.4, -0.2) is 6.29 Å². The van der Waals surface area contributed by atoms with Gasteiger partial charge in [0.25, 0.3) is 0 Å². The largest absolute Gasteiger partial charge is 0.303 e. The van der Waals surface area contributed by atoms with Gasteiger partial charge >= 0.3 is 0 Å². The predicted molar refractivity (Wildman–Crippen MR) is 53.1 cm³/mol. The second kappa shape index (κ2) is 3.88. The van der Waals surface area contributed by atoms with Gasteiger partial charge in [0.15, 0.2) is 0 Å². The molecule has 0 aromatic carbocycles. The molecule has 0 bridgehead atoms. The van der Waals surface area contributed by atoms with Crippen LogP contribution in [0, 0.1) is 10.8 Å². The zero-order valence-corrected chi connectivity index (χ0v) is 8.68. The van der Waals surface area contributed by atoms with Crippen molar-refractivity contribution in [3.8, 4) is 0 Å². The minimum absolute atomic E-state index is 0.187. The summed E-state index contributed by atoms with van der Waals surface area (Å²) in [7, 11) is 0. The van der Waals surface area contributed by atoms with E-state index in [-0.39, 0.29) is 10.8 Å². The van der Waals surface area contributed by atoms with E-state index in [2.05, 4.69) is 20.4 Å². The van der Waals surface area contributed by atoms with Crippen molar-refractivity contribution in [2.24, 2.45) is 10.8 Å². The van der Waals surface area contributed by atoms with Gasteiger partial charge in [0.1, 0.15) is 6.29 Å². The van der Waals surface area contributed by atoms with E-state index in [1.807, 2.05) is 19.9 Å². The van der Waals surface area contributed by atoms with E-state index in [1.165, 1.54) is 0 Å². The molecule has 0 unspecified atom stereocenters. The van der Waals surface area contributed by atoms with Gasteiger partial charge in [0.05, 0.1) is 0 Å². The molecule has 0 fully saturated rings. The van der Waals surface area contributed by atoms with Crippen molar-refractivity contribution in [3.63, 3.8) is 0 Å². The van der Waals surface area contributed by atoms with Gasteiger partial charge in [-0.2, -0.15) is 0 Å². The predicted octanol–water partition coefficient (Wildman–Crippen LogP) is 3.20. The molecule has 1 nitrogen and oxygen atoms in total. The molecule has 0 aromatic heterocycles. The molecule has 0 radical (unpaired) electrons. The molecule has 0 spiro atoms. The Labute approximate surface area is 75.9 Å². The van der Waals surface area contributed by atoms with Crippen molar-refractivity contribution in [2.75, 3.05) is 0 Å². The molecule has 0 aliphatic rings. The normalized spacial score (nSPS) is 12.7. The standard InChI is InChI=1S/C11H20O/c1-6-7-10(2,3)8-11(4,5)9-12/h6,9H,1,7-8H2,2-5H3. The number of hydrogen-bond acceptors (Lipinski definition) is 1. The zero-order chi connectivity index (χ0) is 9.83. The molecule has 0 rings (SSSR count). The number of carbonyl (C=O) groups excluding carboxylic acids is 1. The number of carbonyl (C=O) groups is 1. The Balaban J connectivity index is 4.21. The van der Waals surface area contributed by atoms with Gasteiger partial charge in [-0.1, -0.05) is 33.8 Å². The maximum atomic E-state index is 10.7. The van der Waals surface area contributed by atoms with Crippen molar-refractivity contribution < 1.29 is 4.79 Å². The topological polar surface area (TPSA) is 17.1 Å². The fourth-order valence-corrected chi connectivity index (χ4v) is 1.74.